The summed E-state index contributed by atoms with van der Waals surface area (Å²) in [7, 11) is 2.32. The van der Waals surface area contributed by atoms with Gasteiger partial charge in [-0.25, -0.2) is 0 Å². The molecule has 11 heavy (non-hydrogen) atoms. The Bertz CT molecular complexity index is 144. The summed E-state index contributed by atoms with van der Waals surface area (Å²) >= 11 is 0. The first-order chi connectivity index (χ1) is 5.33. The fourth-order valence-electron chi connectivity index (χ4n) is 3.08. The lowest BCUT2D eigenvalue weighted by Crippen LogP contribution is -2.25. The Morgan fingerprint density at radius 2 is 2.18 bits per heavy atom. The summed E-state index contributed by atoms with van der Waals surface area (Å²) in [5.41, 5.74) is 0. The van der Waals surface area contributed by atoms with E-state index in [-0.39, 0.29) is 0 Å². The molecule has 2 heterocycles. The second-order valence-electron chi connectivity index (χ2n) is 4.25. The van der Waals surface area contributed by atoms with Crippen LogP contribution in [0.25, 0.3) is 0 Å². The molecule has 0 aromatic heterocycles. The molecule has 2 fully saturated rings. The van der Waals surface area contributed by atoms with Gasteiger partial charge in [-0.3, -0.25) is 0 Å². The molecule has 3 atom stereocenters. The summed E-state index contributed by atoms with van der Waals surface area (Å²) < 4.78 is 0. The standard InChI is InChI=1S/C10H19N/c1-3-4-8-7-9-5-6-10(8)11(9)2/h8-10H,3-7H2,1-2H3/t8-,9?,10?/m1/s1. The van der Waals surface area contributed by atoms with E-state index in [1.807, 2.05) is 0 Å². The van der Waals surface area contributed by atoms with Crippen LogP contribution in [0.3, 0.4) is 0 Å². The zero-order valence-corrected chi connectivity index (χ0v) is 7.71. The quantitative estimate of drug-likeness (QED) is 0.588. The minimum absolute atomic E-state index is 0.955. The van der Waals surface area contributed by atoms with Crippen LogP contribution in [-0.4, -0.2) is 24.0 Å². The van der Waals surface area contributed by atoms with Gasteiger partial charge in [-0.05, 0) is 38.6 Å². The second-order valence-corrected chi connectivity index (χ2v) is 4.25. The Morgan fingerprint density at radius 1 is 1.36 bits per heavy atom. The van der Waals surface area contributed by atoms with Crippen LogP contribution in [0.5, 0.6) is 0 Å². The molecule has 1 nitrogen and oxygen atoms in total. The fourth-order valence-corrected chi connectivity index (χ4v) is 3.08. The Morgan fingerprint density at radius 3 is 2.64 bits per heavy atom. The van der Waals surface area contributed by atoms with E-state index in [0.29, 0.717) is 0 Å². The Balaban J connectivity index is 1.97. The molecule has 2 aliphatic rings. The van der Waals surface area contributed by atoms with E-state index >= 15 is 0 Å². The number of rotatable bonds is 2. The van der Waals surface area contributed by atoms with Gasteiger partial charge in [0.05, 0.1) is 0 Å². The van der Waals surface area contributed by atoms with Crippen molar-refractivity contribution in [1.82, 2.24) is 4.90 Å². The lowest BCUT2D eigenvalue weighted by Gasteiger charge is -2.20. The van der Waals surface area contributed by atoms with Crippen molar-refractivity contribution in [3.8, 4) is 0 Å². The van der Waals surface area contributed by atoms with Gasteiger partial charge >= 0.3 is 0 Å². The zero-order valence-electron chi connectivity index (χ0n) is 7.71. The van der Waals surface area contributed by atoms with Crippen molar-refractivity contribution in [2.45, 2.75) is 51.1 Å². The van der Waals surface area contributed by atoms with Crippen molar-refractivity contribution in [3.63, 3.8) is 0 Å². The Hall–Kier alpha value is -0.0400. The second kappa shape index (κ2) is 2.78. The van der Waals surface area contributed by atoms with Crippen LogP contribution in [0.15, 0.2) is 0 Å². The largest absolute Gasteiger partial charge is 0.300 e. The van der Waals surface area contributed by atoms with Gasteiger partial charge in [0, 0.05) is 12.1 Å². The zero-order chi connectivity index (χ0) is 7.84. The van der Waals surface area contributed by atoms with Gasteiger partial charge in [-0.1, -0.05) is 13.3 Å². The van der Waals surface area contributed by atoms with Gasteiger partial charge in [-0.2, -0.15) is 0 Å². The van der Waals surface area contributed by atoms with Crippen LogP contribution in [0.1, 0.15) is 39.0 Å². The number of fused-ring (bicyclic) bond motifs is 2. The van der Waals surface area contributed by atoms with Crippen molar-refractivity contribution < 1.29 is 0 Å². The van der Waals surface area contributed by atoms with Gasteiger partial charge in [-0.15, -0.1) is 0 Å². The number of hydrogen-bond acceptors (Lipinski definition) is 1. The maximum Gasteiger partial charge on any atom is 0.0125 e. The van der Waals surface area contributed by atoms with Crippen molar-refractivity contribution in [3.05, 3.63) is 0 Å². The maximum absolute atomic E-state index is 2.63. The first-order valence-corrected chi connectivity index (χ1v) is 5.05. The first-order valence-electron chi connectivity index (χ1n) is 5.05. The highest BCUT2D eigenvalue weighted by atomic mass is 15.2. The molecule has 0 saturated carbocycles. The van der Waals surface area contributed by atoms with Crippen LogP contribution in [0.4, 0.5) is 0 Å². The third-order valence-corrected chi connectivity index (χ3v) is 3.67. The molecule has 2 bridgehead atoms. The maximum atomic E-state index is 2.63. The van der Waals surface area contributed by atoms with Gasteiger partial charge in [0.2, 0.25) is 0 Å². The summed E-state index contributed by atoms with van der Waals surface area (Å²) in [5.74, 6) is 1.05. The van der Waals surface area contributed by atoms with E-state index < -0.39 is 0 Å². The third kappa shape index (κ3) is 1.10. The molecule has 2 unspecified atom stereocenters. The highest BCUT2D eigenvalue weighted by Gasteiger charge is 2.42. The Kier molecular flexibility index (Phi) is 1.92. The van der Waals surface area contributed by atoms with Gasteiger partial charge in [0.1, 0.15) is 0 Å². The average Bonchev–Trinajstić information content (AvgIpc) is 2.47. The molecule has 1 heteroatoms. The molecule has 64 valence electrons. The lowest BCUT2D eigenvalue weighted by molar-refractivity contribution is 0.282. The summed E-state index contributed by atoms with van der Waals surface area (Å²) in [4.78, 5) is 2.63. The third-order valence-electron chi connectivity index (χ3n) is 3.67. The summed E-state index contributed by atoms with van der Waals surface area (Å²) in [5, 5.41) is 0. The van der Waals surface area contributed by atoms with E-state index in [1.54, 1.807) is 0 Å². The van der Waals surface area contributed by atoms with Crippen molar-refractivity contribution in [2.75, 3.05) is 7.05 Å². The van der Waals surface area contributed by atoms with Crippen molar-refractivity contribution in [2.24, 2.45) is 5.92 Å². The van der Waals surface area contributed by atoms with E-state index in [0.717, 1.165) is 18.0 Å². The topological polar surface area (TPSA) is 3.24 Å². The van der Waals surface area contributed by atoms with Gasteiger partial charge in [0.25, 0.3) is 0 Å². The van der Waals surface area contributed by atoms with Crippen LogP contribution >= 0.6 is 0 Å². The van der Waals surface area contributed by atoms with Crippen molar-refractivity contribution >= 4 is 0 Å². The molecule has 0 aliphatic carbocycles. The molecule has 0 spiro atoms. The van der Waals surface area contributed by atoms with Crippen LogP contribution in [0.2, 0.25) is 0 Å². The van der Waals surface area contributed by atoms with E-state index in [9.17, 15) is 0 Å². The minimum Gasteiger partial charge on any atom is -0.300 e. The first kappa shape index (κ1) is 7.60. The summed E-state index contributed by atoms with van der Waals surface area (Å²) in [6, 6.07) is 1.91. The molecule has 2 saturated heterocycles. The van der Waals surface area contributed by atoms with E-state index in [4.69, 9.17) is 0 Å². The Labute approximate surface area is 69.8 Å². The smallest absolute Gasteiger partial charge is 0.0125 e. The van der Waals surface area contributed by atoms with Gasteiger partial charge < -0.3 is 4.90 Å². The molecule has 0 N–H and O–H groups in total. The molecular formula is C10H19N. The monoisotopic (exact) mass is 153 g/mol. The number of nitrogens with zero attached hydrogens (tertiary/aromatic N) is 1. The van der Waals surface area contributed by atoms with Crippen LogP contribution in [-0.2, 0) is 0 Å². The van der Waals surface area contributed by atoms with E-state index in [2.05, 4.69) is 18.9 Å². The van der Waals surface area contributed by atoms with Crippen LogP contribution in [0, 0.1) is 5.92 Å². The highest BCUT2D eigenvalue weighted by molar-refractivity contribution is 4.98. The molecule has 2 rings (SSSR count). The molecule has 0 aromatic carbocycles. The number of hydrogen-bond donors (Lipinski definition) is 0. The van der Waals surface area contributed by atoms with Gasteiger partial charge in [0.15, 0.2) is 0 Å². The van der Waals surface area contributed by atoms with E-state index in [1.165, 1.54) is 32.1 Å². The normalized spacial score (nSPS) is 43.6. The SMILES string of the molecule is CCC[C@@H]1CC2CCC1N2C. The minimum atomic E-state index is 0.955. The molecular weight excluding hydrogens is 134 g/mol. The van der Waals surface area contributed by atoms with Crippen LogP contribution < -0.4 is 0 Å². The van der Waals surface area contributed by atoms with Crippen molar-refractivity contribution in [1.29, 1.82) is 0 Å². The fraction of sp³-hybridized carbons (Fsp3) is 1.00. The predicted octanol–water partition coefficient (Wildman–Crippen LogP) is 2.27. The molecule has 0 radical (unpaired) electrons. The average molecular weight is 153 g/mol. The highest BCUT2D eigenvalue weighted by Crippen LogP contribution is 2.42. The lowest BCUT2D eigenvalue weighted by atomic mass is 9.86. The summed E-state index contributed by atoms with van der Waals surface area (Å²) in [6.45, 7) is 2.31. The predicted molar refractivity (Wildman–Crippen MR) is 47.6 cm³/mol. The molecule has 2 aliphatic heterocycles. The molecule has 0 amide bonds. The molecule has 0 aromatic rings. The summed E-state index contributed by atoms with van der Waals surface area (Å²) in [6.07, 6.45) is 7.29.